The predicted octanol–water partition coefficient (Wildman–Crippen LogP) is 3.78. The lowest BCUT2D eigenvalue weighted by molar-refractivity contribution is 1.02. The van der Waals surface area contributed by atoms with Crippen LogP contribution in [0.5, 0.6) is 0 Å². The maximum atomic E-state index is 4.50. The lowest BCUT2D eigenvalue weighted by Crippen LogP contribution is -2.05. The Hall–Kier alpha value is -3.54. The van der Waals surface area contributed by atoms with Crippen LogP contribution in [0.2, 0.25) is 0 Å². The molecular weight excluding hydrogens is 312 g/mol. The van der Waals surface area contributed by atoms with Gasteiger partial charge in [0.15, 0.2) is 0 Å². The molecule has 6 nitrogen and oxygen atoms in total. The van der Waals surface area contributed by atoms with Crippen molar-refractivity contribution in [2.45, 2.75) is 6.54 Å². The van der Waals surface area contributed by atoms with E-state index in [-0.39, 0.29) is 0 Å². The van der Waals surface area contributed by atoms with Crippen LogP contribution in [0, 0.1) is 0 Å². The quantitative estimate of drug-likeness (QED) is 0.581. The summed E-state index contributed by atoms with van der Waals surface area (Å²) in [5.41, 5.74) is 2.72. The zero-order valence-corrected chi connectivity index (χ0v) is 13.4. The highest BCUT2D eigenvalue weighted by Gasteiger charge is 2.05. The summed E-state index contributed by atoms with van der Waals surface area (Å²) in [5.74, 6) is 1.25. The summed E-state index contributed by atoms with van der Waals surface area (Å²) in [6.45, 7) is 0.604. The van der Waals surface area contributed by atoms with Gasteiger partial charge < -0.3 is 10.6 Å². The molecule has 0 saturated carbocycles. The van der Waals surface area contributed by atoms with Crippen LogP contribution in [0.1, 0.15) is 5.69 Å². The van der Waals surface area contributed by atoms with Crippen LogP contribution in [0.3, 0.4) is 0 Å². The molecule has 0 atom stereocenters. The Bertz CT molecular complexity index is 982. The van der Waals surface area contributed by atoms with Gasteiger partial charge in [-0.3, -0.25) is 9.97 Å². The second kappa shape index (κ2) is 6.92. The number of fused-ring (bicyclic) bond motifs is 1. The molecule has 0 aliphatic rings. The van der Waals surface area contributed by atoms with Gasteiger partial charge in [0.2, 0.25) is 5.95 Å². The van der Waals surface area contributed by atoms with Crippen molar-refractivity contribution < 1.29 is 0 Å². The first kappa shape index (κ1) is 15.0. The number of anilines is 3. The van der Waals surface area contributed by atoms with Gasteiger partial charge >= 0.3 is 0 Å². The van der Waals surface area contributed by atoms with Crippen molar-refractivity contribution in [2.75, 3.05) is 10.6 Å². The van der Waals surface area contributed by atoms with Crippen LogP contribution in [0.15, 0.2) is 73.2 Å². The molecule has 0 fully saturated rings. The van der Waals surface area contributed by atoms with Crippen LogP contribution in [0.25, 0.3) is 10.9 Å². The number of pyridine rings is 2. The molecule has 0 aliphatic heterocycles. The standard InChI is InChI=1S/C19H16N6/c1-2-10-20-15(7-1)13-23-17-9-12-22-19(25-17)24-16-8-3-5-14-6-4-11-21-18(14)16/h1-12H,13H2,(H2,22,23,24,25). The molecule has 0 bridgehead atoms. The molecule has 0 spiro atoms. The van der Waals surface area contributed by atoms with E-state index >= 15 is 0 Å². The maximum absolute atomic E-state index is 4.50. The molecule has 25 heavy (non-hydrogen) atoms. The highest BCUT2D eigenvalue weighted by Crippen LogP contribution is 2.23. The third-order valence-corrected chi connectivity index (χ3v) is 3.71. The summed E-state index contributed by atoms with van der Waals surface area (Å²) in [4.78, 5) is 17.5. The molecule has 0 radical (unpaired) electrons. The average molecular weight is 328 g/mol. The molecule has 6 heteroatoms. The van der Waals surface area contributed by atoms with Gasteiger partial charge in [-0.2, -0.15) is 4.98 Å². The van der Waals surface area contributed by atoms with E-state index in [1.165, 1.54) is 0 Å². The van der Waals surface area contributed by atoms with Gasteiger partial charge in [-0.05, 0) is 30.3 Å². The van der Waals surface area contributed by atoms with Crippen molar-refractivity contribution in [3.63, 3.8) is 0 Å². The number of nitrogens with one attached hydrogen (secondary N) is 2. The second-order valence-electron chi connectivity index (χ2n) is 5.45. The smallest absolute Gasteiger partial charge is 0.229 e. The van der Waals surface area contributed by atoms with E-state index in [1.807, 2.05) is 54.6 Å². The number of para-hydroxylation sites is 1. The minimum absolute atomic E-state index is 0.518. The highest BCUT2D eigenvalue weighted by atomic mass is 15.1. The minimum atomic E-state index is 0.518. The fourth-order valence-corrected chi connectivity index (χ4v) is 2.53. The third-order valence-electron chi connectivity index (χ3n) is 3.71. The van der Waals surface area contributed by atoms with E-state index in [0.717, 1.165) is 28.1 Å². The van der Waals surface area contributed by atoms with Gasteiger partial charge in [-0.15, -0.1) is 0 Å². The van der Waals surface area contributed by atoms with E-state index in [9.17, 15) is 0 Å². The van der Waals surface area contributed by atoms with Gasteiger partial charge in [0.1, 0.15) is 5.82 Å². The molecule has 4 aromatic rings. The Morgan fingerprint density at radius 3 is 2.60 bits per heavy atom. The van der Waals surface area contributed by atoms with Gasteiger partial charge in [0.25, 0.3) is 0 Å². The maximum Gasteiger partial charge on any atom is 0.229 e. The number of aromatic nitrogens is 4. The number of benzene rings is 1. The molecule has 0 saturated heterocycles. The molecule has 2 N–H and O–H groups in total. The van der Waals surface area contributed by atoms with Gasteiger partial charge in [-0.25, -0.2) is 4.98 Å². The summed E-state index contributed by atoms with van der Waals surface area (Å²) in [7, 11) is 0. The molecule has 1 aromatic carbocycles. The van der Waals surface area contributed by atoms with Crippen molar-refractivity contribution in [1.29, 1.82) is 0 Å². The summed E-state index contributed by atoms with van der Waals surface area (Å²) in [6.07, 6.45) is 5.27. The Labute approximate surface area is 145 Å². The fraction of sp³-hybridized carbons (Fsp3) is 0.0526. The second-order valence-corrected chi connectivity index (χ2v) is 5.45. The van der Waals surface area contributed by atoms with Crippen molar-refractivity contribution in [3.05, 3.63) is 78.9 Å². The number of hydrogen-bond acceptors (Lipinski definition) is 6. The number of rotatable bonds is 5. The molecular formula is C19H16N6. The Morgan fingerprint density at radius 2 is 1.68 bits per heavy atom. The first-order valence-corrected chi connectivity index (χ1v) is 7.96. The van der Waals surface area contributed by atoms with Crippen molar-refractivity contribution in [2.24, 2.45) is 0 Å². The normalized spacial score (nSPS) is 10.6. The molecule has 4 rings (SSSR count). The molecule has 3 aromatic heterocycles. The molecule has 0 unspecified atom stereocenters. The first-order valence-electron chi connectivity index (χ1n) is 7.96. The van der Waals surface area contributed by atoms with Gasteiger partial charge in [0, 0.05) is 24.0 Å². The molecule has 122 valence electrons. The molecule has 0 amide bonds. The number of hydrogen-bond donors (Lipinski definition) is 2. The summed E-state index contributed by atoms with van der Waals surface area (Å²) >= 11 is 0. The van der Waals surface area contributed by atoms with Gasteiger partial charge in [-0.1, -0.05) is 24.3 Å². The Balaban J connectivity index is 1.53. The van der Waals surface area contributed by atoms with Crippen LogP contribution >= 0.6 is 0 Å². The van der Waals surface area contributed by atoms with Crippen molar-refractivity contribution in [1.82, 2.24) is 19.9 Å². The van der Waals surface area contributed by atoms with E-state index in [4.69, 9.17) is 0 Å². The first-order chi connectivity index (χ1) is 12.4. The zero-order chi connectivity index (χ0) is 16.9. The monoisotopic (exact) mass is 328 g/mol. The predicted molar refractivity (Wildman–Crippen MR) is 98.6 cm³/mol. The summed E-state index contributed by atoms with van der Waals surface area (Å²) < 4.78 is 0. The lowest BCUT2D eigenvalue weighted by Gasteiger charge is -2.09. The van der Waals surface area contributed by atoms with Crippen molar-refractivity contribution >= 4 is 28.4 Å². The van der Waals surface area contributed by atoms with Crippen molar-refractivity contribution in [3.8, 4) is 0 Å². The average Bonchev–Trinajstić information content (AvgIpc) is 2.68. The van der Waals surface area contributed by atoms with E-state index in [0.29, 0.717) is 12.5 Å². The Morgan fingerprint density at radius 1 is 0.760 bits per heavy atom. The van der Waals surface area contributed by atoms with Crippen LogP contribution in [-0.4, -0.2) is 19.9 Å². The fourth-order valence-electron chi connectivity index (χ4n) is 2.53. The summed E-state index contributed by atoms with van der Waals surface area (Å²) in [5, 5.41) is 7.57. The van der Waals surface area contributed by atoms with Crippen LogP contribution < -0.4 is 10.6 Å². The molecule has 3 heterocycles. The van der Waals surface area contributed by atoms with E-state index in [1.54, 1.807) is 18.6 Å². The third kappa shape index (κ3) is 3.53. The largest absolute Gasteiger partial charge is 0.364 e. The SMILES string of the molecule is c1ccc(CNc2ccnc(Nc3cccc4cccnc34)n2)nc1. The van der Waals surface area contributed by atoms with Crippen LogP contribution in [0.4, 0.5) is 17.5 Å². The van der Waals surface area contributed by atoms with Crippen LogP contribution in [-0.2, 0) is 6.54 Å². The summed E-state index contributed by atoms with van der Waals surface area (Å²) in [6, 6.07) is 17.6. The van der Waals surface area contributed by atoms with E-state index in [2.05, 4.69) is 30.6 Å². The van der Waals surface area contributed by atoms with Gasteiger partial charge in [0.05, 0.1) is 23.4 Å². The highest BCUT2D eigenvalue weighted by molar-refractivity contribution is 5.91. The zero-order valence-electron chi connectivity index (χ0n) is 13.4. The lowest BCUT2D eigenvalue weighted by atomic mass is 10.2. The Kier molecular flexibility index (Phi) is 4.16. The topological polar surface area (TPSA) is 75.6 Å². The minimum Gasteiger partial charge on any atom is -0.364 e. The number of nitrogens with zero attached hydrogens (tertiary/aromatic N) is 4. The van der Waals surface area contributed by atoms with E-state index < -0.39 is 0 Å². The molecule has 0 aliphatic carbocycles.